The minimum atomic E-state index is -3.33. The summed E-state index contributed by atoms with van der Waals surface area (Å²) in [4.78, 5) is 11.7. The highest BCUT2D eigenvalue weighted by Gasteiger charge is 2.35. The van der Waals surface area contributed by atoms with Crippen LogP contribution >= 0.6 is 0 Å². The van der Waals surface area contributed by atoms with Crippen LogP contribution in [0.25, 0.3) is 0 Å². The normalized spacial score (nSPS) is 19.5. The van der Waals surface area contributed by atoms with E-state index in [1.165, 1.54) is 0 Å². The van der Waals surface area contributed by atoms with Crippen molar-refractivity contribution in [3.8, 4) is 0 Å². The number of hydrogen-bond donors (Lipinski definition) is 2. The number of carbonyl (C=O) groups is 1. The van der Waals surface area contributed by atoms with E-state index in [4.69, 9.17) is 5.73 Å². The highest BCUT2D eigenvalue weighted by atomic mass is 32.2. The predicted molar refractivity (Wildman–Crippen MR) is 67.3 cm³/mol. The Bertz CT molecular complexity index is 370. The molecule has 0 aromatic rings. The molecular weight excluding hydrogens is 240 g/mol. The van der Waals surface area contributed by atoms with Gasteiger partial charge in [-0.3, -0.25) is 4.79 Å². The van der Waals surface area contributed by atoms with E-state index in [1.807, 2.05) is 0 Å². The summed E-state index contributed by atoms with van der Waals surface area (Å²) in [6.07, 6.45) is 3.76. The van der Waals surface area contributed by atoms with Gasteiger partial charge in [0.2, 0.25) is 5.91 Å². The van der Waals surface area contributed by atoms with Crippen molar-refractivity contribution in [1.29, 1.82) is 0 Å². The lowest BCUT2D eigenvalue weighted by molar-refractivity contribution is -0.120. The first-order valence-corrected chi connectivity index (χ1v) is 7.75. The molecule has 1 aliphatic carbocycles. The maximum Gasteiger partial charge on any atom is 0.235 e. The van der Waals surface area contributed by atoms with Crippen LogP contribution in [0.3, 0.4) is 0 Å². The van der Waals surface area contributed by atoms with Crippen LogP contribution < -0.4 is 11.1 Å². The zero-order valence-corrected chi connectivity index (χ0v) is 11.3. The lowest BCUT2D eigenvalue weighted by atomic mass is 9.98. The Balaban J connectivity index is 2.61. The third kappa shape index (κ3) is 3.67. The average Bonchev–Trinajstić information content (AvgIpc) is 2.65. The first-order valence-electron chi connectivity index (χ1n) is 6.04. The highest BCUT2D eigenvalue weighted by molar-refractivity contribution is 7.92. The molecule has 0 bridgehead atoms. The Morgan fingerprint density at radius 1 is 1.35 bits per heavy atom. The zero-order chi connectivity index (χ0) is 13.1. The van der Waals surface area contributed by atoms with Gasteiger partial charge >= 0.3 is 0 Å². The van der Waals surface area contributed by atoms with Crippen LogP contribution in [0.15, 0.2) is 0 Å². The minimum Gasteiger partial charge on any atom is -0.349 e. The van der Waals surface area contributed by atoms with Crippen LogP contribution in [0, 0.1) is 0 Å². The maximum atomic E-state index is 11.7. The van der Waals surface area contributed by atoms with Crippen molar-refractivity contribution < 1.29 is 13.2 Å². The van der Waals surface area contributed by atoms with Gasteiger partial charge in [-0.15, -0.1) is 0 Å². The molecule has 0 unspecified atom stereocenters. The second-order valence-corrected chi connectivity index (χ2v) is 7.65. The van der Waals surface area contributed by atoms with Crippen molar-refractivity contribution >= 4 is 15.7 Å². The molecule has 0 atom stereocenters. The molecule has 0 aromatic carbocycles. The first-order chi connectivity index (χ1) is 7.81. The van der Waals surface area contributed by atoms with Crippen molar-refractivity contribution in [1.82, 2.24) is 5.32 Å². The number of rotatable bonds is 5. The number of amides is 1. The van der Waals surface area contributed by atoms with Crippen LogP contribution in [-0.2, 0) is 14.6 Å². The van der Waals surface area contributed by atoms with E-state index < -0.39 is 26.7 Å². The van der Waals surface area contributed by atoms with Crippen LogP contribution in [0.1, 0.15) is 39.5 Å². The summed E-state index contributed by atoms with van der Waals surface area (Å²) in [7, 11) is -3.33. The van der Waals surface area contributed by atoms with Gasteiger partial charge in [0.05, 0.1) is 10.8 Å². The van der Waals surface area contributed by atoms with Crippen LogP contribution in [0.2, 0.25) is 0 Å². The SMILES string of the molecule is CC(C)S(=O)(=O)CC(=O)NC1(CN)CCCC1. The Hall–Kier alpha value is -0.620. The summed E-state index contributed by atoms with van der Waals surface area (Å²) in [6.45, 7) is 3.54. The summed E-state index contributed by atoms with van der Waals surface area (Å²) in [5.41, 5.74) is 5.31. The lowest BCUT2D eigenvalue weighted by Crippen LogP contribution is -2.53. The molecule has 0 saturated heterocycles. The van der Waals surface area contributed by atoms with Crippen LogP contribution in [-0.4, -0.2) is 37.4 Å². The summed E-state index contributed by atoms with van der Waals surface area (Å²) in [6, 6.07) is 0. The molecule has 1 rings (SSSR count). The summed E-state index contributed by atoms with van der Waals surface area (Å²) < 4.78 is 23.2. The van der Waals surface area contributed by atoms with Crippen LogP contribution in [0.4, 0.5) is 0 Å². The molecule has 0 spiro atoms. The Morgan fingerprint density at radius 2 is 1.88 bits per heavy atom. The standard InChI is InChI=1S/C11H22N2O3S/c1-9(2)17(15,16)7-10(14)13-11(8-12)5-3-4-6-11/h9H,3-8,12H2,1-2H3,(H,13,14). The van der Waals surface area contributed by atoms with Gasteiger partial charge in [-0.2, -0.15) is 0 Å². The van der Waals surface area contributed by atoms with Gasteiger partial charge in [-0.05, 0) is 26.7 Å². The molecule has 1 aliphatic rings. The average molecular weight is 262 g/mol. The topological polar surface area (TPSA) is 89.3 Å². The largest absolute Gasteiger partial charge is 0.349 e. The van der Waals surface area contributed by atoms with Gasteiger partial charge in [-0.1, -0.05) is 12.8 Å². The van der Waals surface area contributed by atoms with E-state index in [0.717, 1.165) is 25.7 Å². The molecule has 0 radical (unpaired) electrons. The summed E-state index contributed by atoms with van der Waals surface area (Å²) in [5, 5.41) is 2.29. The van der Waals surface area contributed by atoms with Gasteiger partial charge in [0.25, 0.3) is 0 Å². The number of carbonyl (C=O) groups excluding carboxylic acids is 1. The third-order valence-electron chi connectivity index (χ3n) is 3.41. The Labute approximate surface area is 103 Å². The predicted octanol–water partition coefficient (Wildman–Crippen LogP) is 0.197. The number of nitrogens with two attached hydrogens (primary N) is 1. The number of sulfone groups is 1. The molecule has 5 nitrogen and oxygen atoms in total. The molecule has 6 heteroatoms. The molecule has 0 heterocycles. The van der Waals surface area contributed by atoms with Gasteiger partial charge < -0.3 is 11.1 Å². The molecule has 3 N–H and O–H groups in total. The van der Waals surface area contributed by atoms with E-state index in [0.29, 0.717) is 6.54 Å². The molecule has 0 aliphatic heterocycles. The molecule has 1 saturated carbocycles. The third-order valence-corrected chi connectivity index (χ3v) is 5.51. The van der Waals surface area contributed by atoms with E-state index in [9.17, 15) is 13.2 Å². The number of nitrogens with one attached hydrogen (secondary N) is 1. The van der Waals surface area contributed by atoms with E-state index in [2.05, 4.69) is 5.32 Å². The highest BCUT2D eigenvalue weighted by Crippen LogP contribution is 2.28. The van der Waals surface area contributed by atoms with Gasteiger partial charge in [0.15, 0.2) is 9.84 Å². The van der Waals surface area contributed by atoms with Crippen molar-refractivity contribution in [3.63, 3.8) is 0 Å². The smallest absolute Gasteiger partial charge is 0.235 e. The monoisotopic (exact) mass is 262 g/mol. The van der Waals surface area contributed by atoms with Gasteiger partial charge in [0.1, 0.15) is 5.75 Å². The van der Waals surface area contributed by atoms with Crippen molar-refractivity contribution in [2.45, 2.75) is 50.3 Å². The molecular formula is C11H22N2O3S. The minimum absolute atomic E-state index is 0.371. The van der Waals surface area contributed by atoms with E-state index in [1.54, 1.807) is 13.8 Å². The molecule has 100 valence electrons. The van der Waals surface area contributed by atoms with Gasteiger partial charge in [0, 0.05) is 6.54 Å². The fourth-order valence-corrected chi connectivity index (χ4v) is 2.88. The Morgan fingerprint density at radius 3 is 2.29 bits per heavy atom. The Kier molecular flexibility index (Phi) is 4.55. The van der Waals surface area contributed by atoms with Gasteiger partial charge in [-0.25, -0.2) is 8.42 Å². The maximum absolute atomic E-state index is 11.7. The zero-order valence-electron chi connectivity index (χ0n) is 10.5. The molecule has 0 aromatic heterocycles. The van der Waals surface area contributed by atoms with Crippen molar-refractivity contribution in [2.24, 2.45) is 5.73 Å². The van der Waals surface area contributed by atoms with E-state index in [-0.39, 0.29) is 5.54 Å². The van der Waals surface area contributed by atoms with Crippen LogP contribution in [0.5, 0.6) is 0 Å². The molecule has 1 fully saturated rings. The second-order valence-electron chi connectivity index (χ2n) is 5.10. The summed E-state index contributed by atoms with van der Waals surface area (Å²) in [5.74, 6) is -0.863. The first kappa shape index (κ1) is 14.4. The summed E-state index contributed by atoms with van der Waals surface area (Å²) >= 11 is 0. The van der Waals surface area contributed by atoms with Crippen molar-refractivity contribution in [3.05, 3.63) is 0 Å². The second kappa shape index (κ2) is 5.35. The lowest BCUT2D eigenvalue weighted by Gasteiger charge is -2.28. The van der Waals surface area contributed by atoms with Crippen molar-refractivity contribution in [2.75, 3.05) is 12.3 Å². The quantitative estimate of drug-likeness (QED) is 0.740. The number of hydrogen-bond acceptors (Lipinski definition) is 4. The molecule has 17 heavy (non-hydrogen) atoms. The van der Waals surface area contributed by atoms with E-state index >= 15 is 0 Å². The molecule has 1 amide bonds. The fourth-order valence-electron chi connectivity index (χ4n) is 2.11. The fraction of sp³-hybridized carbons (Fsp3) is 0.909.